The van der Waals surface area contributed by atoms with Crippen LogP contribution in [0.3, 0.4) is 0 Å². The third-order valence-corrected chi connectivity index (χ3v) is 5.23. The predicted molar refractivity (Wildman–Crippen MR) is 84.3 cm³/mol. The maximum atomic E-state index is 12.6. The van der Waals surface area contributed by atoms with E-state index >= 15 is 0 Å². The fourth-order valence-corrected chi connectivity index (χ4v) is 3.97. The number of piperidine rings is 1. The first-order valence-electron chi connectivity index (χ1n) is 7.93. The highest BCUT2D eigenvalue weighted by molar-refractivity contribution is 5.92. The molecule has 0 radical (unpaired) electrons. The topological polar surface area (TPSA) is 28.5 Å². The van der Waals surface area contributed by atoms with E-state index in [0.717, 1.165) is 38.2 Å². The first-order valence-corrected chi connectivity index (χ1v) is 7.93. The zero-order valence-electron chi connectivity index (χ0n) is 12.9. The van der Waals surface area contributed by atoms with E-state index in [0.29, 0.717) is 5.54 Å². The van der Waals surface area contributed by atoms with Gasteiger partial charge in [0.2, 0.25) is 0 Å². The molecule has 3 rings (SSSR count). The summed E-state index contributed by atoms with van der Waals surface area (Å²) in [4.78, 5) is 17.2. The van der Waals surface area contributed by atoms with Crippen LogP contribution in [0.1, 0.15) is 36.2 Å². The van der Waals surface area contributed by atoms with E-state index in [2.05, 4.69) is 11.5 Å². The second kappa shape index (κ2) is 5.68. The van der Waals surface area contributed by atoms with Gasteiger partial charge in [0.15, 0.2) is 0 Å². The summed E-state index contributed by atoms with van der Waals surface area (Å²) in [5.41, 5.74) is 1.11. The van der Waals surface area contributed by atoms with E-state index in [9.17, 15) is 4.79 Å². The minimum atomic E-state index is 0.172. The molecule has 1 aromatic heterocycles. The molecule has 21 heavy (non-hydrogen) atoms. The van der Waals surface area contributed by atoms with Gasteiger partial charge in [0, 0.05) is 38.4 Å². The van der Waals surface area contributed by atoms with E-state index in [4.69, 9.17) is 0 Å². The maximum absolute atomic E-state index is 12.6. The SMILES string of the molecule is C=CCN1CCCC12CCN(C(=O)c1cccn1C)CC2. The Bertz CT molecular complexity index is 526. The second-order valence-electron chi connectivity index (χ2n) is 6.36. The van der Waals surface area contributed by atoms with Gasteiger partial charge >= 0.3 is 0 Å². The predicted octanol–water partition coefficient (Wildman–Crippen LogP) is 2.28. The van der Waals surface area contributed by atoms with Crippen molar-refractivity contribution in [3.8, 4) is 0 Å². The Morgan fingerprint density at radius 2 is 2.10 bits per heavy atom. The van der Waals surface area contributed by atoms with Gasteiger partial charge in [-0.05, 0) is 44.4 Å². The molecule has 2 aliphatic heterocycles. The summed E-state index contributed by atoms with van der Waals surface area (Å²) in [6.07, 6.45) is 8.68. The van der Waals surface area contributed by atoms with E-state index in [1.54, 1.807) is 0 Å². The summed E-state index contributed by atoms with van der Waals surface area (Å²) < 4.78 is 1.91. The molecule has 1 spiro atoms. The van der Waals surface area contributed by atoms with Gasteiger partial charge in [-0.25, -0.2) is 0 Å². The van der Waals surface area contributed by atoms with Gasteiger partial charge in [-0.3, -0.25) is 9.69 Å². The molecule has 0 atom stereocenters. The van der Waals surface area contributed by atoms with Gasteiger partial charge < -0.3 is 9.47 Å². The lowest BCUT2D eigenvalue weighted by atomic mass is 9.85. The highest BCUT2D eigenvalue weighted by Gasteiger charge is 2.43. The van der Waals surface area contributed by atoms with Crippen molar-refractivity contribution < 1.29 is 4.79 Å². The van der Waals surface area contributed by atoms with Crippen molar-refractivity contribution in [1.82, 2.24) is 14.4 Å². The average molecular weight is 287 g/mol. The number of amides is 1. The molecule has 3 heterocycles. The van der Waals surface area contributed by atoms with Crippen LogP contribution < -0.4 is 0 Å². The van der Waals surface area contributed by atoms with Crippen LogP contribution in [-0.4, -0.2) is 52.0 Å². The number of rotatable bonds is 3. The molecule has 0 aliphatic carbocycles. The summed E-state index contributed by atoms with van der Waals surface area (Å²) in [6, 6.07) is 3.84. The van der Waals surface area contributed by atoms with Crippen LogP contribution in [0.15, 0.2) is 31.0 Å². The lowest BCUT2D eigenvalue weighted by Gasteiger charge is -2.44. The molecule has 2 fully saturated rings. The van der Waals surface area contributed by atoms with Gasteiger partial charge in [0.05, 0.1) is 0 Å². The third kappa shape index (κ3) is 2.53. The van der Waals surface area contributed by atoms with Crippen LogP contribution in [0.5, 0.6) is 0 Å². The van der Waals surface area contributed by atoms with Crippen LogP contribution in [0.2, 0.25) is 0 Å². The van der Waals surface area contributed by atoms with Crippen molar-refractivity contribution in [2.45, 2.75) is 31.2 Å². The summed E-state index contributed by atoms with van der Waals surface area (Å²) in [5.74, 6) is 0.172. The van der Waals surface area contributed by atoms with Gasteiger partial charge in [-0.1, -0.05) is 6.08 Å². The van der Waals surface area contributed by atoms with Gasteiger partial charge in [-0.15, -0.1) is 6.58 Å². The molecule has 2 saturated heterocycles. The van der Waals surface area contributed by atoms with E-state index < -0.39 is 0 Å². The largest absolute Gasteiger partial charge is 0.347 e. The van der Waals surface area contributed by atoms with Crippen LogP contribution in [0.4, 0.5) is 0 Å². The van der Waals surface area contributed by atoms with Gasteiger partial charge in [0.1, 0.15) is 5.69 Å². The number of carbonyl (C=O) groups is 1. The van der Waals surface area contributed by atoms with Crippen molar-refractivity contribution in [1.29, 1.82) is 0 Å². The van der Waals surface area contributed by atoms with E-state index in [1.807, 2.05) is 40.9 Å². The maximum Gasteiger partial charge on any atom is 0.270 e. The van der Waals surface area contributed by atoms with Crippen molar-refractivity contribution in [3.63, 3.8) is 0 Å². The van der Waals surface area contributed by atoms with Gasteiger partial charge in [-0.2, -0.15) is 0 Å². The number of nitrogens with zero attached hydrogens (tertiary/aromatic N) is 3. The highest BCUT2D eigenvalue weighted by atomic mass is 16.2. The molecule has 0 aromatic carbocycles. The quantitative estimate of drug-likeness (QED) is 0.798. The first-order chi connectivity index (χ1) is 10.2. The number of hydrogen-bond donors (Lipinski definition) is 0. The van der Waals surface area contributed by atoms with Crippen molar-refractivity contribution in [3.05, 3.63) is 36.7 Å². The number of carbonyl (C=O) groups excluding carboxylic acids is 1. The van der Waals surface area contributed by atoms with Crippen molar-refractivity contribution >= 4 is 5.91 Å². The number of aryl methyl sites for hydroxylation is 1. The zero-order chi connectivity index (χ0) is 14.9. The number of aromatic nitrogens is 1. The minimum absolute atomic E-state index is 0.172. The van der Waals surface area contributed by atoms with E-state index in [1.165, 1.54) is 19.4 Å². The lowest BCUT2D eigenvalue weighted by Crippen LogP contribution is -2.53. The third-order valence-electron chi connectivity index (χ3n) is 5.23. The molecule has 4 nitrogen and oxygen atoms in total. The number of hydrogen-bond acceptors (Lipinski definition) is 2. The molecular weight excluding hydrogens is 262 g/mol. The molecule has 1 amide bonds. The molecule has 0 N–H and O–H groups in total. The van der Waals surface area contributed by atoms with Crippen LogP contribution >= 0.6 is 0 Å². The monoisotopic (exact) mass is 287 g/mol. The Kier molecular flexibility index (Phi) is 3.89. The van der Waals surface area contributed by atoms with Crippen LogP contribution in [0, 0.1) is 0 Å². The molecule has 4 heteroatoms. The fourth-order valence-electron chi connectivity index (χ4n) is 3.97. The first kappa shape index (κ1) is 14.4. The summed E-state index contributed by atoms with van der Waals surface area (Å²) in [6.45, 7) is 7.78. The molecular formula is C17H25N3O. The number of likely N-dealkylation sites (tertiary alicyclic amines) is 2. The molecule has 2 aliphatic rings. The summed E-state index contributed by atoms with van der Waals surface area (Å²) in [5, 5.41) is 0. The second-order valence-corrected chi connectivity index (χ2v) is 6.36. The molecule has 0 saturated carbocycles. The summed E-state index contributed by atoms with van der Waals surface area (Å²) >= 11 is 0. The fraction of sp³-hybridized carbons (Fsp3) is 0.588. The van der Waals surface area contributed by atoms with Crippen molar-refractivity contribution in [2.75, 3.05) is 26.2 Å². The van der Waals surface area contributed by atoms with Crippen molar-refractivity contribution in [2.24, 2.45) is 7.05 Å². The Hall–Kier alpha value is -1.55. The smallest absolute Gasteiger partial charge is 0.270 e. The minimum Gasteiger partial charge on any atom is -0.347 e. The highest BCUT2D eigenvalue weighted by Crippen LogP contribution is 2.38. The Morgan fingerprint density at radius 3 is 2.71 bits per heavy atom. The lowest BCUT2D eigenvalue weighted by molar-refractivity contribution is 0.0445. The van der Waals surface area contributed by atoms with Gasteiger partial charge in [0.25, 0.3) is 5.91 Å². The van der Waals surface area contributed by atoms with Crippen LogP contribution in [-0.2, 0) is 7.05 Å². The Morgan fingerprint density at radius 1 is 1.33 bits per heavy atom. The molecule has 114 valence electrons. The molecule has 1 aromatic rings. The standard InChI is InChI=1S/C17H25N3O/c1-3-10-20-12-5-7-17(20)8-13-19(14-9-17)16(21)15-6-4-11-18(15)2/h3-4,6,11H,1,5,7-10,12-14H2,2H3. The zero-order valence-corrected chi connectivity index (χ0v) is 12.9. The Balaban J connectivity index is 1.66. The van der Waals surface area contributed by atoms with E-state index in [-0.39, 0.29) is 5.91 Å². The summed E-state index contributed by atoms with van der Waals surface area (Å²) in [7, 11) is 1.93. The van der Waals surface area contributed by atoms with Crippen LogP contribution in [0.25, 0.3) is 0 Å². The molecule has 0 unspecified atom stereocenters. The Labute approximate surface area is 127 Å². The normalized spacial score (nSPS) is 21.9. The molecule has 0 bridgehead atoms. The average Bonchev–Trinajstić information content (AvgIpc) is 3.07.